The second-order valence-corrected chi connectivity index (χ2v) is 8.77. The summed E-state index contributed by atoms with van der Waals surface area (Å²) in [6.45, 7) is 8.25. The first-order chi connectivity index (χ1) is 14.5. The van der Waals surface area contributed by atoms with Crippen LogP contribution in [0.15, 0.2) is 48.5 Å². The number of thiazole rings is 1. The van der Waals surface area contributed by atoms with Gasteiger partial charge in [0.1, 0.15) is 9.88 Å². The number of anilines is 2. The minimum absolute atomic E-state index is 0.103. The summed E-state index contributed by atoms with van der Waals surface area (Å²) in [7, 11) is 2.16. The minimum atomic E-state index is -0.103. The number of carbonyl (C=O) groups excluding carboxylic acids is 1. The summed E-state index contributed by atoms with van der Waals surface area (Å²) < 4.78 is 0. The highest BCUT2D eigenvalue weighted by atomic mass is 32.1. The van der Waals surface area contributed by atoms with Gasteiger partial charge in [-0.2, -0.15) is 0 Å². The molecule has 1 saturated heterocycles. The maximum atomic E-state index is 12.8. The number of aromatic nitrogens is 1. The molecule has 0 atom stereocenters. The van der Waals surface area contributed by atoms with Crippen molar-refractivity contribution in [3.63, 3.8) is 0 Å². The van der Waals surface area contributed by atoms with Gasteiger partial charge in [0.15, 0.2) is 0 Å². The molecule has 0 aliphatic carbocycles. The smallest absolute Gasteiger partial charge is 0.267 e. The Morgan fingerprint density at radius 1 is 1.03 bits per heavy atom. The van der Waals surface area contributed by atoms with Gasteiger partial charge in [0.05, 0.1) is 5.69 Å². The van der Waals surface area contributed by atoms with E-state index in [-0.39, 0.29) is 5.91 Å². The topological polar surface area (TPSA) is 48.5 Å². The fraction of sp³-hybridized carbons (Fsp3) is 0.333. The van der Waals surface area contributed by atoms with Gasteiger partial charge in [-0.15, -0.1) is 11.3 Å². The zero-order valence-electron chi connectivity index (χ0n) is 17.8. The highest BCUT2D eigenvalue weighted by molar-refractivity contribution is 7.17. The second kappa shape index (κ2) is 8.98. The quantitative estimate of drug-likeness (QED) is 0.651. The van der Waals surface area contributed by atoms with E-state index in [2.05, 4.69) is 70.5 Å². The molecular formula is C24H28N4OS. The average Bonchev–Trinajstić information content (AvgIpc) is 3.17. The minimum Gasteiger partial charge on any atom is -0.369 e. The number of piperazine rings is 1. The van der Waals surface area contributed by atoms with Gasteiger partial charge in [0, 0.05) is 43.1 Å². The van der Waals surface area contributed by atoms with E-state index in [4.69, 9.17) is 0 Å². The van der Waals surface area contributed by atoms with E-state index in [0.29, 0.717) is 4.88 Å². The van der Waals surface area contributed by atoms with Crippen LogP contribution < -0.4 is 10.2 Å². The first-order valence-electron chi connectivity index (χ1n) is 10.4. The van der Waals surface area contributed by atoms with Gasteiger partial charge in [-0.1, -0.05) is 31.2 Å². The van der Waals surface area contributed by atoms with Crippen LogP contribution in [0.5, 0.6) is 0 Å². The van der Waals surface area contributed by atoms with Gasteiger partial charge >= 0.3 is 0 Å². The second-order valence-electron chi connectivity index (χ2n) is 7.78. The van der Waals surface area contributed by atoms with Crippen molar-refractivity contribution in [1.82, 2.24) is 9.88 Å². The van der Waals surface area contributed by atoms with Crippen LogP contribution in [0.4, 0.5) is 11.4 Å². The lowest BCUT2D eigenvalue weighted by Gasteiger charge is -2.34. The molecule has 156 valence electrons. The SMILES string of the molecule is CCc1ccc(-c2nc(C)c(C(=O)Nc3ccc(N4CCN(C)CC4)cc3)s2)cc1. The lowest BCUT2D eigenvalue weighted by atomic mass is 10.1. The van der Waals surface area contributed by atoms with Gasteiger partial charge in [0.25, 0.3) is 5.91 Å². The van der Waals surface area contributed by atoms with E-state index < -0.39 is 0 Å². The predicted molar refractivity (Wildman–Crippen MR) is 126 cm³/mol. The predicted octanol–water partition coefficient (Wildman–Crippen LogP) is 4.69. The number of aryl methyl sites for hydroxylation is 2. The van der Waals surface area contributed by atoms with Gasteiger partial charge < -0.3 is 15.1 Å². The highest BCUT2D eigenvalue weighted by Crippen LogP contribution is 2.29. The van der Waals surface area contributed by atoms with Crippen LogP contribution in [0.1, 0.15) is 27.9 Å². The third-order valence-corrected chi connectivity index (χ3v) is 6.81. The molecule has 30 heavy (non-hydrogen) atoms. The average molecular weight is 421 g/mol. The van der Waals surface area contributed by atoms with Crippen molar-refractivity contribution < 1.29 is 4.79 Å². The Kier molecular flexibility index (Phi) is 6.16. The molecular weight excluding hydrogens is 392 g/mol. The number of carbonyl (C=O) groups is 1. The largest absolute Gasteiger partial charge is 0.369 e. The van der Waals surface area contributed by atoms with Crippen LogP contribution in [0.2, 0.25) is 0 Å². The summed E-state index contributed by atoms with van der Waals surface area (Å²) >= 11 is 1.44. The number of nitrogens with zero attached hydrogens (tertiary/aromatic N) is 3. The Morgan fingerprint density at radius 2 is 1.70 bits per heavy atom. The van der Waals surface area contributed by atoms with Crippen molar-refractivity contribution in [1.29, 1.82) is 0 Å². The zero-order valence-corrected chi connectivity index (χ0v) is 18.6. The summed E-state index contributed by atoms with van der Waals surface area (Å²) in [5.41, 5.74) is 5.12. The standard InChI is InChI=1S/C24H28N4OS/c1-4-18-5-7-19(8-6-18)24-25-17(2)22(30-24)23(29)26-20-9-11-21(12-10-20)28-15-13-27(3)14-16-28/h5-12H,4,13-16H2,1-3H3,(H,26,29). The Labute approximate surface area is 182 Å². The number of rotatable bonds is 5. The number of likely N-dealkylation sites (N-methyl/N-ethyl adjacent to an activating group) is 1. The first-order valence-corrected chi connectivity index (χ1v) is 11.3. The van der Waals surface area contributed by atoms with E-state index >= 15 is 0 Å². The molecule has 0 bridgehead atoms. The van der Waals surface area contributed by atoms with Crippen LogP contribution in [0.3, 0.4) is 0 Å². The van der Waals surface area contributed by atoms with E-state index in [1.165, 1.54) is 22.6 Å². The molecule has 6 heteroatoms. The molecule has 2 heterocycles. The van der Waals surface area contributed by atoms with E-state index in [0.717, 1.165) is 54.6 Å². The molecule has 1 N–H and O–H groups in total. The third-order valence-electron chi connectivity index (χ3n) is 5.61. The summed E-state index contributed by atoms with van der Waals surface area (Å²) in [5.74, 6) is -0.103. The molecule has 4 rings (SSSR count). The van der Waals surface area contributed by atoms with Crippen molar-refractivity contribution in [2.75, 3.05) is 43.4 Å². The molecule has 3 aromatic rings. The molecule has 2 aromatic carbocycles. The fourth-order valence-electron chi connectivity index (χ4n) is 3.62. The van der Waals surface area contributed by atoms with Crippen LogP contribution in [0.25, 0.3) is 10.6 Å². The lowest BCUT2D eigenvalue weighted by Crippen LogP contribution is -2.44. The Hall–Kier alpha value is -2.70. The first kappa shape index (κ1) is 20.6. The molecule has 0 spiro atoms. The Morgan fingerprint density at radius 3 is 2.33 bits per heavy atom. The number of hydrogen-bond acceptors (Lipinski definition) is 5. The Bertz CT molecular complexity index is 1000. The van der Waals surface area contributed by atoms with Crippen LogP contribution >= 0.6 is 11.3 Å². The molecule has 1 aliphatic heterocycles. The normalized spacial score (nSPS) is 14.7. The molecule has 1 aliphatic rings. The van der Waals surface area contributed by atoms with Crippen molar-refractivity contribution in [3.8, 4) is 10.6 Å². The van der Waals surface area contributed by atoms with Crippen molar-refractivity contribution in [2.45, 2.75) is 20.3 Å². The highest BCUT2D eigenvalue weighted by Gasteiger charge is 2.17. The fourth-order valence-corrected chi connectivity index (χ4v) is 4.59. The van der Waals surface area contributed by atoms with E-state index in [1.54, 1.807) is 0 Å². The van der Waals surface area contributed by atoms with Crippen LogP contribution in [-0.2, 0) is 6.42 Å². The van der Waals surface area contributed by atoms with Crippen LogP contribution in [-0.4, -0.2) is 49.0 Å². The van der Waals surface area contributed by atoms with E-state index in [9.17, 15) is 4.79 Å². The number of nitrogens with one attached hydrogen (secondary N) is 1. The maximum Gasteiger partial charge on any atom is 0.267 e. The van der Waals surface area contributed by atoms with Gasteiger partial charge in [-0.3, -0.25) is 4.79 Å². The van der Waals surface area contributed by atoms with Crippen molar-refractivity contribution in [3.05, 3.63) is 64.7 Å². The summed E-state index contributed by atoms with van der Waals surface area (Å²) in [6.07, 6.45) is 1.01. The molecule has 1 amide bonds. The van der Waals surface area contributed by atoms with Crippen molar-refractivity contribution in [2.24, 2.45) is 0 Å². The molecule has 1 fully saturated rings. The number of benzene rings is 2. The zero-order chi connectivity index (χ0) is 21.1. The van der Waals surface area contributed by atoms with Crippen LogP contribution in [0, 0.1) is 6.92 Å². The van der Waals surface area contributed by atoms with Crippen molar-refractivity contribution >= 4 is 28.6 Å². The van der Waals surface area contributed by atoms with Gasteiger partial charge in [-0.25, -0.2) is 4.98 Å². The third kappa shape index (κ3) is 4.55. The molecule has 1 aromatic heterocycles. The molecule has 5 nitrogen and oxygen atoms in total. The van der Waals surface area contributed by atoms with Gasteiger partial charge in [-0.05, 0) is 50.2 Å². The summed E-state index contributed by atoms with van der Waals surface area (Å²) in [4.78, 5) is 22.9. The summed E-state index contributed by atoms with van der Waals surface area (Å²) in [6, 6.07) is 16.5. The maximum absolute atomic E-state index is 12.8. The molecule has 0 unspecified atom stereocenters. The summed E-state index contributed by atoms with van der Waals surface area (Å²) in [5, 5.41) is 3.90. The molecule has 0 saturated carbocycles. The monoisotopic (exact) mass is 420 g/mol. The number of amides is 1. The molecule has 0 radical (unpaired) electrons. The number of hydrogen-bond donors (Lipinski definition) is 1. The Balaban J connectivity index is 1.44. The van der Waals surface area contributed by atoms with E-state index in [1.807, 2.05) is 19.1 Å². The van der Waals surface area contributed by atoms with Gasteiger partial charge in [0.2, 0.25) is 0 Å². The lowest BCUT2D eigenvalue weighted by molar-refractivity contribution is 0.103.